The third-order valence-corrected chi connectivity index (χ3v) is 6.50. The summed E-state index contributed by atoms with van der Waals surface area (Å²) in [6.07, 6.45) is 2.14. The zero-order valence-electron chi connectivity index (χ0n) is 20.1. The molecule has 184 valence electrons. The Hall–Kier alpha value is -2.20. The van der Waals surface area contributed by atoms with E-state index in [-0.39, 0.29) is 11.8 Å². The summed E-state index contributed by atoms with van der Waals surface area (Å²) in [5.41, 5.74) is 6.19. The SMILES string of the molecule is CC[C@H](C)[C@H](N)C(=O)N([C@H](C(=O)O)C(C)C)N1CCC[C@H]1C(=O)N[C@H](C(=O)O)[C@@H](C)CC. The second-order valence-electron chi connectivity index (χ2n) is 9.15. The Bertz CT molecular complexity index is 685. The number of carbonyl (C=O) groups is 4. The lowest BCUT2D eigenvalue weighted by molar-refractivity contribution is -0.177. The average molecular weight is 457 g/mol. The van der Waals surface area contributed by atoms with E-state index in [1.807, 2.05) is 20.8 Å². The van der Waals surface area contributed by atoms with Crippen molar-refractivity contribution < 1.29 is 29.4 Å². The lowest BCUT2D eigenvalue weighted by Gasteiger charge is -2.42. The van der Waals surface area contributed by atoms with E-state index in [0.29, 0.717) is 32.2 Å². The highest BCUT2D eigenvalue weighted by atomic mass is 16.4. The molecular formula is C22H40N4O6. The minimum Gasteiger partial charge on any atom is -0.480 e. The number of nitrogens with two attached hydrogens (primary N) is 1. The fourth-order valence-electron chi connectivity index (χ4n) is 3.95. The van der Waals surface area contributed by atoms with Crippen LogP contribution < -0.4 is 11.1 Å². The number of amides is 2. The van der Waals surface area contributed by atoms with E-state index in [1.165, 1.54) is 5.01 Å². The highest BCUT2D eigenvalue weighted by Crippen LogP contribution is 2.27. The number of carboxylic acid groups (broad SMARTS) is 2. The van der Waals surface area contributed by atoms with E-state index < -0.39 is 53.8 Å². The molecule has 0 saturated carbocycles. The number of aliphatic carboxylic acids is 2. The summed E-state index contributed by atoms with van der Waals surface area (Å²) < 4.78 is 0. The minimum absolute atomic E-state index is 0.178. The molecule has 0 bridgehead atoms. The van der Waals surface area contributed by atoms with Crippen LogP contribution in [0.15, 0.2) is 0 Å². The lowest BCUT2D eigenvalue weighted by Crippen LogP contribution is -2.64. The van der Waals surface area contributed by atoms with Gasteiger partial charge in [0.15, 0.2) is 0 Å². The van der Waals surface area contributed by atoms with Crippen molar-refractivity contribution in [1.82, 2.24) is 15.3 Å². The molecule has 0 spiro atoms. The molecule has 32 heavy (non-hydrogen) atoms. The van der Waals surface area contributed by atoms with Gasteiger partial charge in [-0.3, -0.25) is 14.6 Å². The van der Waals surface area contributed by atoms with Crippen molar-refractivity contribution in [3.05, 3.63) is 0 Å². The van der Waals surface area contributed by atoms with Crippen molar-refractivity contribution in [2.24, 2.45) is 23.5 Å². The van der Waals surface area contributed by atoms with Crippen LogP contribution in [0, 0.1) is 17.8 Å². The predicted octanol–water partition coefficient (Wildman–Crippen LogP) is 1.29. The van der Waals surface area contributed by atoms with E-state index >= 15 is 0 Å². The van der Waals surface area contributed by atoms with Crippen LogP contribution in [0.2, 0.25) is 0 Å². The fourth-order valence-corrected chi connectivity index (χ4v) is 3.95. The zero-order valence-corrected chi connectivity index (χ0v) is 20.1. The van der Waals surface area contributed by atoms with E-state index in [0.717, 1.165) is 5.01 Å². The van der Waals surface area contributed by atoms with Gasteiger partial charge in [-0.2, -0.15) is 0 Å². The molecule has 5 N–H and O–H groups in total. The van der Waals surface area contributed by atoms with Gasteiger partial charge in [-0.05, 0) is 30.6 Å². The molecule has 1 heterocycles. The predicted molar refractivity (Wildman–Crippen MR) is 119 cm³/mol. The van der Waals surface area contributed by atoms with Crippen LogP contribution in [-0.4, -0.2) is 74.7 Å². The third-order valence-electron chi connectivity index (χ3n) is 6.50. The van der Waals surface area contributed by atoms with Crippen LogP contribution >= 0.6 is 0 Å². The first-order valence-corrected chi connectivity index (χ1v) is 11.5. The quantitative estimate of drug-likeness (QED) is 0.343. The standard InChI is InChI=1S/C22H40N4O6/c1-7-13(5)16(23)20(28)26(18(12(3)4)22(31)32)25-11-9-10-15(25)19(27)24-17(21(29)30)14(6)8-2/h12-18H,7-11,23H2,1-6H3,(H,24,27)(H,29,30)(H,31,32)/t13-,14-,15-,16-,17-,18-/m0/s1. The van der Waals surface area contributed by atoms with Gasteiger partial charge in [0.2, 0.25) is 5.91 Å². The topological polar surface area (TPSA) is 153 Å². The molecule has 1 aliphatic rings. The summed E-state index contributed by atoms with van der Waals surface area (Å²) >= 11 is 0. The summed E-state index contributed by atoms with van der Waals surface area (Å²) in [6.45, 7) is 11.0. The molecule has 0 aromatic heterocycles. The molecule has 0 unspecified atom stereocenters. The minimum atomic E-state index is -1.20. The monoisotopic (exact) mass is 456 g/mol. The van der Waals surface area contributed by atoms with E-state index in [2.05, 4.69) is 5.32 Å². The van der Waals surface area contributed by atoms with E-state index in [4.69, 9.17) is 5.73 Å². The molecule has 0 aromatic carbocycles. The van der Waals surface area contributed by atoms with Gasteiger partial charge >= 0.3 is 11.9 Å². The maximum atomic E-state index is 13.4. The largest absolute Gasteiger partial charge is 0.480 e. The molecule has 0 aromatic rings. The highest BCUT2D eigenvalue weighted by Gasteiger charge is 2.45. The van der Waals surface area contributed by atoms with Gasteiger partial charge < -0.3 is 21.3 Å². The fraction of sp³-hybridized carbons (Fsp3) is 0.818. The van der Waals surface area contributed by atoms with Crippen LogP contribution in [0.25, 0.3) is 0 Å². The molecule has 6 atom stereocenters. The molecule has 1 saturated heterocycles. The maximum absolute atomic E-state index is 13.4. The Morgan fingerprint density at radius 2 is 1.59 bits per heavy atom. The summed E-state index contributed by atoms with van der Waals surface area (Å²) in [6, 6.07) is -4.04. The number of nitrogens with zero attached hydrogens (tertiary/aromatic N) is 2. The van der Waals surface area contributed by atoms with Crippen molar-refractivity contribution in [3.63, 3.8) is 0 Å². The number of hydrogen-bond donors (Lipinski definition) is 4. The van der Waals surface area contributed by atoms with Gasteiger partial charge in [-0.1, -0.05) is 54.4 Å². The number of hydrogen-bond acceptors (Lipinski definition) is 6. The summed E-state index contributed by atoms with van der Waals surface area (Å²) in [4.78, 5) is 50.3. The van der Waals surface area contributed by atoms with Gasteiger partial charge in [-0.25, -0.2) is 14.6 Å². The van der Waals surface area contributed by atoms with Gasteiger partial charge in [0.05, 0.1) is 6.04 Å². The summed E-state index contributed by atoms with van der Waals surface area (Å²) in [5, 5.41) is 24.7. The first kappa shape index (κ1) is 27.8. The Morgan fingerprint density at radius 3 is 2.03 bits per heavy atom. The molecule has 10 nitrogen and oxygen atoms in total. The molecule has 1 rings (SSSR count). The number of carbonyl (C=O) groups excluding carboxylic acids is 2. The van der Waals surface area contributed by atoms with Crippen molar-refractivity contribution >= 4 is 23.8 Å². The molecule has 2 amide bonds. The molecule has 1 fully saturated rings. The van der Waals surface area contributed by atoms with Crippen LogP contribution in [-0.2, 0) is 19.2 Å². The van der Waals surface area contributed by atoms with Gasteiger partial charge in [0, 0.05) is 6.54 Å². The Morgan fingerprint density at radius 1 is 1.03 bits per heavy atom. The van der Waals surface area contributed by atoms with Crippen molar-refractivity contribution in [2.45, 2.75) is 91.4 Å². The van der Waals surface area contributed by atoms with Crippen LogP contribution in [0.5, 0.6) is 0 Å². The summed E-state index contributed by atoms with van der Waals surface area (Å²) in [7, 11) is 0. The molecule has 0 aliphatic carbocycles. The van der Waals surface area contributed by atoms with Crippen molar-refractivity contribution in [1.29, 1.82) is 0 Å². The zero-order chi connectivity index (χ0) is 24.7. The Kier molecular flexibility index (Phi) is 10.6. The van der Waals surface area contributed by atoms with Crippen LogP contribution in [0.3, 0.4) is 0 Å². The first-order chi connectivity index (χ1) is 14.9. The number of nitrogens with one attached hydrogen (secondary N) is 1. The first-order valence-electron chi connectivity index (χ1n) is 11.5. The normalized spacial score (nSPS) is 21.4. The second kappa shape index (κ2) is 12.2. The maximum Gasteiger partial charge on any atom is 0.328 e. The molecule has 0 radical (unpaired) electrons. The Labute approximate surface area is 190 Å². The smallest absolute Gasteiger partial charge is 0.328 e. The van der Waals surface area contributed by atoms with Crippen molar-refractivity contribution in [3.8, 4) is 0 Å². The lowest BCUT2D eigenvalue weighted by atomic mass is 9.97. The highest BCUT2D eigenvalue weighted by molar-refractivity contribution is 5.89. The second-order valence-corrected chi connectivity index (χ2v) is 9.15. The number of hydrazine groups is 1. The number of carboxylic acids is 2. The van der Waals surface area contributed by atoms with Gasteiger partial charge in [0.1, 0.15) is 18.1 Å². The van der Waals surface area contributed by atoms with Crippen LogP contribution in [0.4, 0.5) is 0 Å². The molecule has 1 aliphatic heterocycles. The third kappa shape index (κ3) is 6.41. The Balaban J connectivity index is 3.32. The van der Waals surface area contributed by atoms with Crippen molar-refractivity contribution in [2.75, 3.05) is 6.54 Å². The van der Waals surface area contributed by atoms with E-state index in [1.54, 1.807) is 20.8 Å². The van der Waals surface area contributed by atoms with E-state index in [9.17, 15) is 29.4 Å². The molecular weight excluding hydrogens is 416 g/mol. The number of rotatable bonds is 12. The summed E-state index contributed by atoms with van der Waals surface area (Å²) in [5.74, 6) is -4.28. The van der Waals surface area contributed by atoms with Gasteiger partial charge in [-0.15, -0.1) is 0 Å². The van der Waals surface area contributed by atoms with Crippen LogP contribution in [0.1, 0.15) is 67.2 Å². The molecule has 10 heteroatoms. The van der Waals surface area contributed by atoms with Gasteiger partial charge in [0.25, 0.3) is 5.91 Å². The average Bonchev–Trinajstić information content (AvgIpc) is 3.21.